The first-order chi connectivity index (χ1) is 7.83. The van der Waals surface area contributed by atoms with Gasteiger partial charge in [-0.2, -0.15) is 36.4 Å². The second-order valence-corrected chi connectivity index (χ2v) is 2.10. The molecule has 0 unspecified atom stereocenters. The van der Waals surface area contributed by atoms with Gasteiger partial charge >= 0.3 is 21.7 Å². The molecular formula is C10H10N6Ti. The average molecular weight is 262 g/mol. The van der Waals surface area contributed by atoms with Crippen molar-refractivity contribution in [3.05, 3.63) is 92.6 Å². The summed E-state index contributed by atoms with van der Waals surface area (Å²) in [6, 6.07) is 20.0. The van der Waals surface area contributed by atoms with Crippen LogP contribution in [0.3, 0.4) is 0 Å². The molecule has 2 aromatic carbocycles. The van der Waals surface area contributed by atoms with Crippen molar-refractivity contribution in [2.75, 3.05) is 0 Å². The molecule has 7 heteroatoms. The summed E-state index contributed by atoms with van der Waals surface area (Å²) < 4.78 is 0. The van der Waals surface area contributed by atoms with E-state index in [1.54, 1.807) is 0 Å². The summed E-state index contributed by atoms with van der Waals surface area (Å²) in [5, 5.41) is 0. The van der Waals surface area contributed by atoms with E-state index in [9.17, 15) is 0 Å². The van der Waals surface area contributed by atoms with Crippen LogP contribution in [0.15, 0.2) is 60.7 Å². The van der Waals surface area contributed by atoms with Crippen molar-refractivity contribution in [3.8, 4) is 0 Å². The molecule has 0 heterocycles. The smallest absolute Gasteiger partial charge is 0.373 e. The van der Waals surface area contributed by atoms with Gasteiger partial charge in [0.05, 0.1) is 0 Å². The molecule has 2 rings (SSSR count). The zero-order valence-electron chi connectivity index (χ0n) is 8.96. The number of hydrogen-bond acceptors (Lipinski definition) is 0. The van der Waals surface area contributed by atoms with Gasteiger partial charge < -0.3 is 22.1 Å². The van der Waals surface area contributed by atoms with Crippen molar-refractivity contribution in [3.63, 3.8) is 0 Å². The van der Waals surface area contributed by atoms with Gasteiger partial charge in [-0.25, -0.2) is 24.3 Å². The van der Waals surface area contributed by atoms with E-state index in [2.05, 4.69) is 0 Å². The Morgan fingerprint density at radius 2 is 0.765 bits per heavy atom. The van der Waals surface area contributed by atoms with Crippen molar-refractivity contribution in [1.82, 2.24) is 0 Å². The molecule has 0 saturated heterocycles. The van der Waals surface area contributed by atoms with Crippen LogP contribution in [0.4, 0.5) is 0 Å². The molecule has 0 amide bonds. The Morgan fingerprint density at radius 1 is 0.588 bits per heavy atom. The maximum Gasteiger partial charge on any atom is 4.00 e. The van der Waals surface area contributed by atoms with E-state index in [1.165, 1.54) is 9.82 Å². The minimum atomic E-state index is 0. The Labute approximate surface area is 114 Å². The van der Waals surface area contributed by atoms with Crippen LogP contribution >= 0.6 is 0 Å². The molecule has 0 saturated carbocycles. The molecule has 0 fully saturated rings. The van der Waals surface area contributed by atoms with Gasteiger partial charge in [0.2, 0.25) is 0 Å². The monoisotopic (exact) mass is 262 g/mol. The summed E-state index contributed by atoms with van der Waals surface area (Å²) in [5.41, 5.74) is 27.0. The minimum absolute atomic E-state index is 0. The summed E-state index contributed by atoms with van der Waals surface area (Å²) in [6.45, 7) is 0. The largest absolute Gasteiger partial charge is 4.00 e. The summed E-state index contributed by atoms with van der Waals surface area (Å²) in [4.78, 5) is 3.00. The van der Waals surface area contributed by atoms with E-state index in [-0.39, 0.29) is 21.7 Å². The van der Waals surface area contributed by atoms with Crippen LogP contribution in [0.25, 0.3) is 31.9 Å². The van der Waals surface area contributed by atoms with Crippen LogP contribution in [0.1, 0.15) is 0 Å². The Balaban J connectivity index is -0.000000157. The van der Waals surface area contributed by atoms with Gasteiger partial charge in [-0.05, 0) is 0 Å². The summed E-state index contributed by atoms with van der Waals surface area (Å²) >= 11 is 0. The summed E-state index contributed by atoms with van der Waals surface area (Å²) in [7, 11) is 0. The predicted octanol–water partition coefficient (Wildman–Crippen LogP) is 4.54. The first-order valence-electron chi connectivity index (χ1n) is 4.13. The molecule has 0 N–H and O–H groups in total. The summed E-state index contributed by atoms with van der Waals surface area (Å²) in [5.74, 6) is 0. The van der Waals surface area contributed by atoms with Crippen LogP contribution in [-0.4, -0.2) is 0 Å². The van der Waals surface area contributed by atoms with Gasteiger partial charge in [0.1, 0.15) is 0 Å². The van der Waals surface area contributed by atoms with E-state index in [0.29, 0.717) is 0 Å². The first-order valence-corrected chi connectivity index (χ1v) is 4.13. The fourth-order valence-electron chi connectivity index (χ4n) is 0.642. The van der Waals surface area contributed by atoms with Crippen LogP contribution in [0.2, 0.25) is 0 Å². The van der Waals surface area contributed by atoms with Crippen LogP contribution in [0.5, 0.6) is 0 Å². The van der Waals surface area contributed by atoms with Gasteiger partial charge in [-0.15, -0.1) is 0 Å². The van der Waals surface area contributed by atoms with Gasteiger partial charge in [-0.3, -0.25) is 9.82 Å². The van der Waals surface area contributed by atoms with Crippen molar-refractivity contribution in [2.24, 2.45) is 0 Å². The zero-order chi connectivity index (χ0) is 12.5. The van der Waals surface area contributed by atoms with Crippen molar-refractivity contribution < 1.29 is 21.7 Å². The molecular weight excluding hydrogens is 252 g/mol. The molecule has 2 aromatic rings. The van der Waals surface area contributed by atoms with Gasteiger partial charge in [0.25, 0.3) is 0 Å². The number of hydrogen-bond donors (Lipinski definition) is 0. The molecule has 0 bridgehead atoms. The van der Waals surface area contributed by atoms with Gasteiger partial charge in [0.15, 0.2) is 0 Å². The van der Waals surface area contributed by atoms with E-state index >= 15 is 0 Å². The van der Waals surface area contributed by atoms with Gasteiger partial charge in [0, 0.05) is 0 Å². The van der Waals surface area contributed by atoms with Crippen molar-refractivity contribution >= 4 is 0 Å². The zero-order valence-corrected chi connectivity index (χ0v) is 10.5. The third-order valence-corrected chi connectivity index (χ3v) is 1.11. The Hall–Kier alpha value is -1.97. The number of rotatable bonds is 0. The SMILES string of the molecule is [N-]=[N+]=[N-].[N-]=[N+]=[N-].[Ti+4].c1cc[cH-]c1.c1cc[cH-]c1. The Bertz CT molecular complexity index is 283. The predicted molar refractivity (Wildman–Crippen MR) is 64.2 cm³/mol. The molecule has 0 radical (unpaired) electrons. The second kappa shape index (κ2) is 23.7. The van der Waals surface area contributed by atoms with Crippen molar-refractivity contribution in [2.45, 2.75) is 0 Å². The molecule has 0 aliphatic carbocycles. The van der Waals surface area contributed by atoms with Crippen LogP contribution < -0.4 is 0 Å². The quantitative estimate of drug-likeness (QED) is 0.218. The minimum Gasteiger partial charge on any atom is -0.373 e. The molecule has 0 aromatic heterocycles. The van der Waals surface area contributed by atoms with E-state index in [4.69, 9.17) is 22.1 Å². The molecule has 0 atom stereocenters. The third kappa shape index (κ3) is 31.5. The number of nitrogens with zero attached hydrogens (tertiary/aromatic N) is 6. The second-order valence-electron chi connectivity index (χ2n) is 2.10. The van der Waals surface area contributed by atoms with E-state index in [1.807, 2.05) is 60.7 Å². The Morgan fingerprint density at radius 3 is 0.824 bits per heavy atom. The molecule has 0 aliphatic heterocycles. The maximum absolute atomic E-state index is 6.75. The average Bonchev–Trinajstić information content (AvgIpc) is 3.00. The Kier molecular flexibility index (Phi) is 28.5. The fraction of sp³-hybridized carbons (Fsp3) is 0. The molecule has 84 valence electrons. The summed E-state index contributed by atoms with van der Waals surface area (Å²) in [6.07, 6.45) is 0. The maximum atomic E-state index is 6.75. The standard InChI is InChI=1S/2C5H5.2N3.Ti/c2*1-2-4-5-3-1;2*1-3-2;/h2*1-5H;;;/q4*-1;+4. The van der Waals surface area contributed by atoms with E-state index in [0.717, 1.165) is 0 Å². The molecule has 0 aliphatic rings. The molecule has 17 heavy (non-hydrogen) atoms. The first kappa shape index (κ1) is 20.4. The van der Waals surface area contributed by atoms with Gasteiger partial charge in [-0.1, -0.05) is 0 Å². The van der Waals surface area contributed by atoms with Crippen LogP contribution in [0, 0.1) is 0 Å². The molecule has 6 nitrogen and oxygen atoms in total. The van der Waals surface area contributed by atoms with Crippen molar-refractivity contribution in [1.29, 1.82) is 0 Å². The normalized spacial score (nSPS) is 5.65. The third-order valence-electron chi connectivity index (χ3n) is 1.11. The van der Waals surface area contributed by atoms with Crippen LogP contribution in [-0.2, 0) is 21.7 Å². The fourth-order valence-corrected chi connectivity index (χ4v) is 0.642. The molecule has 0 spiro atoms. The van der Waals surface area contributed by atoms with E-state index < -0.39 is 0 Å². The topological polar surface area (TPSA) is 117 Å².